The highest BCUT2D eigenvalue weighted by molar-refractivity contribution is 7.92. The predicted octanol–water partition coefficient (Wildman–Crippen LogP) is 4.86. The second kappa shape index (κ2) is 10.4. The molecule has 6 nitrogen and oxygen atoms in total. The molecule has 2 rings (SSSR count). The van der Waals surface area contributed by atoms with E-state index >= 15 is 0 Å². The molecule has 0 unspecified atom stereocenters. The molecule has 0 saturated carbocycles. The minimum atomic E-state index is -3.67. The van der Waals surface area contributed by atoms with Gasteiger partial charge in [-0.1, -0.05) is 38.5 Å². The van der Waals surface area contributed by atoms with Crippen LogP contribution in [0.15, 0.2) is 36.4 Å². The number of rotatable bonds is 9. The lowest BCUT2D eigenvalue weighted by Gasteiger charge is -2.31. The Bertz CT molecular complexity index is 1050. The van der Waals surface area contributed by atoms with Gasteiger partial charge >= 0.3 is 0 Å². The third-order valence-corrected chi connectivity index (χ3v) is 6.86. The Kier molecular flexibility index (Phi) is 8.35. The Hall–Kier alpha value is -2.54. The van der Waals surface area contributed by atoms with Gasteiger partial charge in [0.2, 0.25) is 15.9 Å². The highest BCUT2D eigenvalue weighted by atomic mass is 32.2. The van der Waals surface area contributed by atoms with E-state index in [1.54, 1.807) is 19.2 Å². The Balaban J connectivity index is 2.38. The highest BCUT2D eigenvalue weighted by Crippen LogP contribution is 2.32. The van der Waals surface area contributed by atoms with Crippen molar-refractivity contribution in [2.75, 3.05) is 17.7 Å². The molecule has 7 heteroatoms. The van der Waals surface area contributed by atoms with Crippen molar-refractivity contribution in [3.8, 4) is 5.75 Å². The van der Waals surface area contributed by atoms with Crippen molar-refractivity contribution in [1.82, 2.24) is 5.32 Å². The van der Waals surface area contributed by atoms with Crippen molar-refractivity contribution in [3.63, 3.8) is 0 Å². The van der Waals surface area contributed by atoms with E-state index in [1.807, 2.05) is 45.9 Å². The van der Waals surface area contributed by atoms with Crippen molar-refractivity contribution < 1.29 is 17.9 Å². The average Bonchev–Trinajstić information content (AvgIpc) is 2.71. The van der Waals surface area contributed by atoms with Crippen molar-refractivity contribution in [2.45, 2.75) is 66.0 Å². The molecule has 0 aliphatic rings. The van der Waals surface area contributed by atoms with Crippen LogP contribution in [0.2, 0.25) is 0 Å². The van der Waals surface area contributed by atoms with Crippen molar-refractivity contribution in [1.29, 1.82) is 0 Å². The van der Waals surface area contributed by atoms with Crippen LogP contribution < -0.4 is 14.4 Å². The summed E-state index contributed by atoms with van der Waals surface area (Å²) in [6.07, 6.45) is 1.48. The fourth-order valence-electron chi connectivity index (χ4n) is 3.95. The summed E-state index contributed by atoms with van der Waals surface area (Å²) >= 11 is 0. The summed E-state index contributed by atoms with van der Waals surface area (Å²) < 4.78 is 32.0. The molecule has 0 bridgehead atoms. The normalized spacial score (nSPS) is 13.5. The standard InChI is InChI=1S/C25H36N2O4S/c1-9-23(27(32(8,29)30)20-12-10-17(4)11-13-20)25(28)26-19(6)22-15-21(16(2)3)24(31-7)14-18(22)5/h10-16,19,23H,9H2,1-8H3,(H,26,28)/t19-,23-/m0/s1. The number of hydrogen-bond acceptors (Lipinski definition) is 4. The van der Waals surface area contributed by atoms with Gasteiger partial charge in [0, 0.05) is 0 Å². The lowest BCUT2D eigenvalue weighted by atomic mass is 9.93. The first-order valence-electron chi connectivity index (χ1n) is 11.0. The van der Waals surface area contributed by atoms with E-state index in [2.05, 4.69) is 25.2 Å². The van der Waals surface area contributed by atoms with Gasteiger partial charge in [0.25, 0.3) is 0 Å². The molecule has 0 spiro atoms. The molecular formula is C25H36N2O4S. The van der Waals surface area contributed by atoms with Crippen LogP contribution >= 0.6 is 0 Å². The molecular weight excluding hydrogens is 424 g/mol. The minimum Gasteiger partial charge on any atom is -0.496 e. The van der Waals surface area contributed by atoms with E-state index in [0.29, 0.717) is 12.1 Å². The first-order valence-corrected chi connectivity index (χ1v) is 12.8. The first-order chi connectivity index (χ1) is 14.9. The van der Waals surface area contributed by atoms with Crippen LogP contribution in [0.5, 0.6) is 5.75 Å². The maximum absolute atomic E-state index is 13.3. The number of nitrogens with zero attached hydrogens (tertiary/aromatic N) is 1. The Morgan fingerprint density at radius 2 is 1.66 bits per heavy atom. The Morgan fingerprint density at radius 3 is 2.12 bits per heavy atom. The van der Waals surface area contributed by atoms with Crippen LogP contribution in [0, 0.1) is 13.8 Å². The molecule has 0 radical (unpaired) electrons. The van der Waals surface area contributed by atoms with Gasteiger partial charge in [0.05, 0.1) is 25.1 Å². The van der Waals surface area contributed by atoms with Crippen LogP contribution in [0.3, 0.4) is 0 Å². The number of hydrogen-bond donors (Lipinski definition) is 1. The summed E-state index contributed by atoms with van der Waals surface area (Å²) in [4.78, 5) is 13.3. The quantitative estimate of drug-likeness (QED) is 0.580. The molecule has 0 aliphatic carbocycles. The summed E-state index contributed by atoms with van der Waals surface area (Å²) in [7, 11) is -2.01. The number of methoxy groups -OCH3 is 1. The van der Waals surface area contributed by atoms with E-state index in [-0.39, 0.29) is 17.9 Å². The maximum atomic E-state index is 13.3. The largest absolute Gasteiger partial charge is 0.496 e. The summed E-state index contributed by atoms with van der Waals surface area (Å²) in [5.74, 6) is 0.763. The second-order valence-corrected chi connectivity index (χ2v) is 10.5. The highest BCUT2D eigenvalue weighted by Gasteiger charge is 2.32. The molecule has 0 saturated heterocycles. The predicted molar refractivity (Wildman–Crippen MR) is 131 cm³/mol. The zero-order valence-electron chi connectivity index (χ0n) is 20.4. The molecule has 1 N–H and O–H groups in total. The van der Waals surface area contributed by atoms with E-state index in [4.69, 9.17) is 4.74 Å². The third-order valence-electron chi connectivity index (χ3n) is 5.68. The van der Waals surface area contributed by atoms with Crippen LogP contribution in [-0.4, -0.2) is 33.7 Å². The monoisotopic (exact) mass is 460 g/mol. The fourth-order valence-corrected chi connectivity index (χ4v) is 5.16. The zero-order valence-corrected chi connectivity index (χ0v) is 21.2. The van der Waals surface area contributed by atoms with Crippen molar-refractivity contribution in [2.24, 2.45) is 0 Å². The minimum absolute atomic E-state index is 0.262. The number of anilines is 1. The molecule has 2 aromatic carbocycles. The number of aryl methyl sites for hydroxylation is 2. The lowest BCUT2D eigenvalue weighted by Crippen LogP contribution is -2.49. The first kappa shape index (κ1) is 25.7. The topological polar surface area (TPSA) is 75.7 Å². The van der Waals surface area contributed by atoms with Crippen LogP contribution in [-0.2, 0) is 14.8 Å². The van der Waals surface area contributed by atoms with Crippen molar-refractivity contribution in [3.05, 3.63) is 58.7 Å². The van der Waals surface area contributed by atoms with Gasteiger partial charge in [0.15, 0.2) is 0 Å². The van der Waals surface area contributed by atoms with Gasteiger partial charge in [0.1, 0.15) is 11.8 Å². The number of amides is 1. The molecule has 1 amide bonds. The molecule has 0 heterocycles. The van der Waals surface area contributed by atoms with Gasteiger partial charge in [-0.05, 0) is 74.1 Å². The number of benzene rings is 2. The number of sulfonamides is 1. The summed E-state index contributed by atoms with van der Waals surface area (Å²) in [6, 6.07) is 10.1. The van der Waals surface area contributed by atoms with Gasteiger partial charge in [-0.25, -0.2) is 8.42 Å². The second-order valence-electron chi connectivity index (χ2n) is 8.65. The summed E-state index contributed by atoms with van der Waals surface area (Å²) in [6.45, 7) is 11.8. The van der Waals surface area contributed by atoms with Gasteiger partial charge in [-0.2, -0.15) is 0 Å². The van der Waals surface area contributed by atoms with E-state index in [9.17, 15) is 13.2 Å². The number of ether oxygens (including phenoxy) is 1. The molecule has 32 heavy (non-hydrogen) atoms. The van der Waals surface area contributed by atoms with Crippen LogP contribution in [0.4, 0.5) is 5.69 Å². The summed E-state index contributed by atoms with van der Waals surface area (Å²) in [5.41, 5.74) is 4.56. The lowest BCUT2D eigenvalue weighted by molar-refractivity contribution is -0.122. The number of carbonyl (C=O) groups is 1. The molecule has 0 fully saturated rings. The van der Waals surface area contributed by atoms with E-state index in [0.717, 1.165) is 34.3 Å². The number of carbonyl (C=O) groups excluding carboxylic acids is 1. The molecule has 176 valence electrons. The van der Waals surface area contributed by atoms with Crippen LogP contribution in [0.25, 0.3) is 0 Å². The average molecular weight is 461 g/mol. The Morgan fingerprint density at radius 1 is 1.06 bits per heavy atom. The van der Waals surface area contributed by atoms with E-state index < -0.39 is 16.1 Å². The molecule has 2 atom stereocenters. The molecule has 0 aromatic heterocycles. The van der Waals surface area contributed by atoms with Gasteiger partial charge < -0.3 is 10.1 Å². The Labute approximate surface area is 193 Å². The van der Waals surface area contributed by atoms with Gasteiger partial charge in [-0.3, -0.25) is 9.10 Å². The fraction of sp³-hybridized carbons (Fsp3) is 0.480. The van der Waals surface area contributed by atoms with Gasteiger partial charge in [-0.15, -0.1) is 0 Å². The zero-order chi connectivity index (χ0) is 24.2. The van der Waals surface area contributed by atoms with Crippen LogP contribution in [0.1, 0.15) is 68.3 Å². The summed E-state index contributed by atoms with van der Waals surface area (Å²) in [5, 5.41) is 3.04. The molecule has 0 aliphatic heterocycles. The number of nitrogens with one attached hydrogen (secondary N) is 1. The SMILES string of the molecule is CC[C@@H](C(=O)N[C@@H](C)c1cc(C(C)C)c(OC)cc1C)N(c1ccc(C)cc1)S(C)(=O)=O. The van der Waals surface area contributed by atoms with Crippen molar-refractivity contribution >= 4 is 21.6 Å². The third kappa shape index (κ3) is 5.82. The maximum Gasteiger partial charge on any atom is 0.244 e. The van der Waals surface area contributed by atoms with E-state index in [1.165, 1.54) is 4.31 Å². The molecule has 2 aromatic rings. The smallest absolute Gasteiger partial charge is 0.244 e.